The van der Waals surface area contributed by atoms with Gasteiger partial charge < -0.3 is 4.81 Å². The van der Waals surface area contributed by atoms with Gasteiger partial charge >= 0.3 is 0 Å². The van der Waals surface area contributed by atoms with Gasteiger partial charge in [0.1, 0.15) is 0 Å². The molecule has 0 bridgehead atoms. The maximum Gasteiger partial charge on any atom is 0.226 e. The van der Waals surface area contributed by atoms with Crippen LogP contribution in [0.5, 0.6) is 0 Å². The molecule has 2 aromatic rings. The van der Waals surface area contributed by atoms with Gasteiger partial charge in [-0.2, -0.15) is 0 Å². The van der Waals surface area contributed by atoms with Gasteiger partial charge in [0.05, 0.1) is 0 Å². The average Bonchev–Trinajstić information content (AvgIpc) is 2.65. The Hall–Kier alpha value is -1.70. The molecule has 3 rings (SSSR count). The van der Waals surface area contributed by atoms with E-state index in [1.165, 1.54) is 11.1 Å². The first-order chi connectivity index (χ1) is 8.22. The lowest BCUT2D eigenvalue weighted by atomic mass is 9.78. The number of hydrogen-bond donors (Lipinski definition) is 0. The van der Waals surface area contributed by atoms with Gasteiger partial charge in [-0.3, -0.25) is 0 Å². The van der Waals surface area contributed by atoms with Crippen LogP contribution in [0, 0.1) is 0 Å². The Labute approximate surface area is 104 Å². The minimum absolute atomic E-state index is 0.00734. The van der Waals surface area contributed by atoms with Crippen LogP contribution in [0.3, 0.4) is 0 Å². The second-order valence-corrected chi connectivity index (χ2v) is 4.84. The molecule has 1 aliphatic heterocycles. The minimum Gasteiger partial charge on any atom is -0.423 e. The number of hydrogen-bond acceptors (Lipinski definition) is 1. The minimum atomic E-state index is -0.00734. The summed E-state index contributed by atoms with van der Waals surface area (Å²) < 4.78 is 0. The maximum absolute atomic E-state index is 6.09. The van der Waals surface area contributed by atoms with E-state index in [9.17, 15) is 0 Å². The molecular weight excluding hydrogens is 205 g/mol. The van der Waals surface area contributed by atoms with E-state index < -0.39 is 0 Å². The number of para-hydroxylation sites is 1. The second kappa shape index (κ2) is 3.66. The molecule has 1 aliphatic rings. The van der Waals surface area contributed by atoms with Gasteiger partial charge in [0.25, 0.3) is 0 Å². The zero-order valence-electron chi connectivity index (χ0n) is 9.93. The van der Waals surface area contributed by atoms with Crippen LogP contribution in [0.25, 0.3) is 0 Å². The van der Waals surface area contributed by atoms with E-state index in [1.54, 1.807) is 0 Å². The monoisotopic (exact) mass is 219 g/mol. The van der Waals surface area contributed by atoms with Crippen molar-refractivity contribution in [3.8, 4) is 0 Å². The molecule has 1 nitrogen and oxygen atoms in total. The molecule has 0 saturated carbocycles. The first-order valence-electron chi connectivity index (χ1n) is 5.89. The number of anilines is 1. The topological polar surface area (TPSA) is 3.24 Å². The lowest BCUT2D eigenvalue weighted by Gasteiger charge is -2.26. The lowest BCUT2D eigenvalue weighted by molar-refractivity contribution is 0.623. The summed E-state index contributed by atoms with van der Waals surface area (Å²) in [4.78, 5) is 1.85. The van der Waals surface area contributed by atoms with Crippen molar-refractivity contribution >= 4 is 13.7 Å². The molecule has 0 spiro atoms. The van der Waals surface area contributed by atoms with E-state index in [4.69, 9.17) is 7.98 Å². The van der Waals surface area contributed by atoms with Crippen LogP contribution >= 0.6 is 0 Å². The van der Waals surface area contributed by atoms with Crippen LogP contribution in [0.2, 0.25) is 0 Å². The van der Waals surface area contributed by atoms with Crippen LogP contribution in [-0.4, -0.2) is 14.5 Å². The molecule has 1 atom stereocenters. The summed E-state index contributed by atoms with van der Waals surface area (Å²) in [6.07, 6.45) is 0. The van der Waals surface area contributed by atoms with Crippen molar-refractivity contribution in [2.24, 2.45) is 0 Å². The fourth-order valence-electron chi connectivity index (χ4n) is 2.75. The molecule has 2 aromatic carbocycles. The summed E-state index contributed by atoms with van der Waals surface area (Å²) in [6, 6.07) is 19.0. The molecule has 1 heterocycles. The van der Waals surface area contributed by atoms with E-state index in [-0.39, 0.29) is 5.41 Å². The SMILES string of the molecule is [B]N1CC(C)(c2ccccc2)c2ccccc21. The molecule has 0 N–H and O–H groups in total. The largest absolute Gasteiger partial charge is 0.423 e. The number of nitrogens with zero attached hydrogens (tertiary/aromatic N) is 1. The van der Waals surface area contributed by atoms with Crippen LogP contribution in [0.1, 0.15) is 18.1 Å². The molecular formula is C15H14BN. The van der Waals surface area contributed by atoms with Gasteiger partial charge in [-0.1, -0.05) is 48.5 Å². The quantitative estimate of drug-likeness (QED) is 0.666. The van der Waals surface area contributed by atoms with E-state index in [1.807, 2.05) is 16.9 Å². The highest BCUT2D eigenvalue weighted by Crippen LogP contribution is 2.43. The highest BCUT2D eigenvalue weighted by atomic mass is 15.1. The van der Waals surface area contributed by atoms with Gasteiger partial charge in [0.2, 0.25) is 7.98 Å². The molecule has 0 aliphatic carbocycles. The normalized spacial score (nSPS) is 22.5. The van der Waals surface area contributed by atoms with Crippen molar-refractivity contribution in [1.82, 2.24) is 0 Å². The van der Waals surface area contributed by atoms with E-state index in [2.05, 4.69) is 49.4 Å². The Kier molecular flexibility index (Phi) is 2.25. The molecule has 0 amide bonds. The molecule has 0 aromatic heterocycles. The van der Waals surface area contributed by atoms with E-state index >= 15 is 0 Å². The predicted molar refractivity (Wildman–Crippen MR) is 72.4 cm³/mol. The lowest BCUT2D eigenvalue weighted by Crippen LogP contribution is -2.30. The molecule has 1 unspecified atom stereocenters. The zero-order chi connectivity index (χ0) is 11.9. The Bertz CT molecular complexity index is 538. The standard InChI is InChI=1S/C15H14BN/c1-15(12-7-3-2-4-8-12)11-17(16)14-10-6-5-9-13(14)15/h2-10H,11H2,1H3. The molecule has 0 fully saturated rings. The number of benzene rings is 2. The Morgan fingerprint density at radius 1 is 1.00 bits per heavy atom. The summed E-state index contributed by atoms with van der Waals surface area (Å²) in [5, 5.41) is 0. The summed E-state index contributed by atoms with van der Waals surface area (Å²) in [7, 11) is 6.09. The van der Waals surface area contributed by atoms with Gasteiger partial charge in [-0.15, -0.1) is 0 Å². The predicted octanol–water partition coefficient (Wildman–Crippen LogP) is 2.90. The molecule has 0 saturated heterocycles. The van der Waals surface area contributed by atoms with Crippen LogP contribution in [-0.2, 0) is 5.41 Å². The van der Waals surface area contributed by atoms with Crippen molar-refractivity contribution in [3.05, 3.63) is 65.7 Å². The number of fused-ring (bicyclic) bond motifs is 1. The van der Waals surface area contributed by atoms with Gasteiger partial charge in [-0.05, 0) is 24.1 Å². The molecule has 17 heavy (non-hydrogen) atoms. The van der Waals surface area contributed by atoms with Gasteiger partial charge in [0, 0.05) is 17.6 Å². The molecule has 2 radical (unpaired) electrons. The second-order valence-electron chi connectivity index (χ2n) is 4.84. The van der Waals surface area contributed by atoms with Crippen LogP contribution in [0.4, 0.5) is 5.69 Å². The maximum atomic E-state index is 6.09. The first kappa shape index (κ1) is 10.5. The van der Waals surface area contributed by atoms with E-state index in [0.717, 1.165) is 12.2 Å². The fraction of sp³-hybridized carbons (Fsp3) is 0.200. The van der Waals surface area contributed by atoms with Crippen LogP contribution in [0.15, 0.2) is 54.6 Å². The Morgan fingerprint density at radius 3 is 2.41 bits per heavy atom. The summed E-state index contributed by atoms with van der Waals surface area (Å²) in [5.41, 5.74) is 3.76. The Balaban J connectivity index is 2.18. The van der Waals surface area contributed by atoms with Crippen LogP contribution < -0.4 is 4.81 Å². The third-order valence-electron chi connectivity index (χ3n) is 3.71. The first-order valence-corrected chi connectivity index (χ1v) is 5.89. The molecule has 2 heteroatoms. The van der Waals surface area contributed by atoms with E-state index in [0.29, 0.717) is 0 Å². The Morgan fingerprint density at radius 2 is 1.65 bits per heavy atom. The smallest absolute Gasteiger partial charge is 0.226 e. The van der Waals surface area contributed by atoms with Crippen molar-refractivity contribution in [1.29, 1.82) is 0 Å². The van der Waals surface area contributed by atoms with Crippen molar-refractivity contribution in [2.45, 2.75) is 12.3 Å². The zero-order valence-corrected chi connectivity index (χ0v) is 9.93. The third-order valence-corrected chi connectivity index (χ3v) is 3.71. The summed E-state index contributed by atoms with van der Waals surface area (Å²) in [5.74, 6) is 0. The van der Waals surface area contributed by atoms with Crippen molar-refractivity contribution < 1.29 is 0 Å². The highest BCUT2D eigenvalue weighted by molar-refractivity contribution is 6.19. The number of rotatable bonds is 1. The fourth-order valence-corrected chi connectivity index (χ4v) is 2.75. The van der Waals surface area contributed by atoms with Crippen molar-refractivity contribution in [2.75, 3.05) is 11.4 Å². The van der Waals surface area contributed by atoms with Gasteiger partial charge in [-0.25, -0.2) is 0 Å². The third kappa shape index (κ3) is 1.48. The summed E-state index contributed by atoms with van der Waals surface area (Å²) >= 11 is 0. The molecule has 82 valence electrons. The average molecular weight is 219 g/mol. The summed E-state index contributed by atoms with van der Waals surface area (Å²) in [6.45, 7) is 3.09. The van der Waals surface area contributed by atoms with Gasteiger partial charge in [0.15, 0.2) is 0 Å². The van der Waals surface area contributed by atoms with Crippen molar-refractivity contribution in [3.63, 3.8) is 0 Å². The highest BCUT2D eigenvalue weighted by Gasteiger charge is 2.37.